The summed E-state index contributed by atoms with van der Waals surface area (Å²) in [6, 6.07) is 11.1. The third kappa shape index (κ3) is 4.37. The Morgan fingerprint density at radius 2 is 2.25 bits per heavy atom. The molecule has 0 unspecified atom stereocenters. The highest BCUT2D eigenvalue weighted by molar-refractivity contribution is 7.99. The number of thioether (sulfide) groups is 1. The fourth-order valence-electron chi connectivity index (χ4n) is 2.03. The van der Waals surface area contributed by atoms with Crippen molar-refractivity contribution >= 4 is 40.6 Å². The van der Waals surface area contributed by atoms with Gasteiger partial charge in [0.05, 0.1) is 11.8 Å². The predicted molar refractivity (Wildman–Crippen MR) is 96.3 cm³/mol. The number of nitrogens with one attached hydrogen (secondary N) is 1. The maximum absolute atomic E-state index is 12.0. The van der Waals surface area contributed by atoms with Gasteiger partial charge in [0.25, 0.3) is 5.22 Å². The largest absolute Gasteiger partial charge is 0.411 e. The number of carbonyl (C=O) groups is 1. The summed E-state index contributed by atoms with van der Waals surface area (Å²) in [6.07, 6.45) is 0. The molecule has 0 fully saturated rings. The summed E-state index contributed by atoms with van der Waals surface area (Å²) in [5.41, 5.74) is 0.748. The van der Waals surface area contributed by atoms with Crippen LogP contribution < -0.4 is 5.32 Å². The van der Waals surface area contributed by atoms with Crippen LogP contribution in [0.2, 0.25) is 5.02 Å². The van der Waals surface area contributed by atoms with Crippen molar-refractivity contribution in [2.24, 2.45) is 0 Å². The lowest BCUT2D eigenvalue weighted by Gasteiger charge is -2.11. The van der Waals surface area contributed by atoms with Crippen LogP contribution in [-0.4, -0.2) is 21.9 Å². The molecule has 0 aliphatic heterocycles. The number of carbonyl (C=O) groups excluding carboxylic acids is 1. The normalized spacial score (nSPS) is 12.1. The minimum atomic E-state index is -0.0802. The first kappa shape index (κ1) is 17.0. The first-order chi connectivity index (χ1) is 11.6. The fourth-order valence-corrected chi connectivity index (χ4v) is 3.52. The van der Waals surface area contributed by atoms with Crippen LogP contribution in [-0.2, 0) is 4.79 Å². The molecule has 0 aliphatic rings. The summed E-state index contributed by atoms with van der Waals surface area (Å²) in [5, 5.41) is 13.8. The van der Waals surface area contributed by atoms with Gasteiger partial charge in [-0.2, -0.15) is 0 Å². The third-order valence-corrected chi connectivity index (χ3v) is 5.26. The van der Waals surface area contributed by atoms with Gasteiger partial charge in [0.15, 0.2) is 0 Å². The van der Waals surface area contributed by atoms with E-state index in [-0.39, 0.29) is 17.7 Å². The number of halogens is 1. The lowest BCUT2D eigenvalue weighted by molar-refractivity contribution is -0.119. The molecule has 5 nitrogen and oxygen atoms in total. The Balaban J connectivity index is 1.54. The molecule has 1 aromatic carbocycles. The van der Waals surface area contributed by atoms with Crippen molar-refractivity contribution in [3.63, 3.8) is 0 Å². The summed E-state index contributed by atoms with van der Waals surface area (Å²) in [7, 11) is 0. The van der Waals surface area contributed by atoms with Crippen LogP contribution in [0, 0.1) is 0 Å². The van der Waals surface area contributed by atoms with Crippen molar-refractivity contribution in [1.29, 1.82) is 0 Å². The quantitative estimate of drug-likeness (QED) is 0.642. The molecule has 1 atom stereocenters. The zero-order chi connectivity index (χ0) is 16.9. The molecule has 3 rings (SSSR count). The van der Waals surface area contributed by atoms with Crippen molar-refractivity contribution in [3.8, 4) is 11.5 Å². The van der Waals surface area contributed by atoms with E-state index in [9.17, 15) is 4.79 Å². The van der Waals surface area contributed by atoms with Crippen LogP contribution in [0.4, 0.5) is 0 Å². The molecular formula is C16H14ClN3O2S2. The minimum absolute atomic E-state index is 0.0113. The lowest BCUT2D eigenvalue weighted by atomic mass is 10.2. The van der Waals surface area contributed by atoms with Gasteiger partial charge in [-0.1, -0.05) is 35.5 Å². The molecule has 124 valence electrons. The Bertz CT molecular complexity index is 820. The summed E-state index contributed by atoms with van der Waals surface area (Å²) in [5.74, 6) is 0.517. The molecule has 0 radical (unpaired) electrons. The Morgan fingerprint density at radius 1 is 1.38 bits per heavy atom. The van der Waals surface area contributed by atoms with Crippen LogP contribution in [0.5, 0.6) is 0 Å². The summed E-state index contributed by atoms with van der Waals surface area (Å²) < 4.78 is 5.56. The van der Waals surface area contributed by atoms with Crippen molar-refractivity contribution in [1.82, 2.24) is 15.5 Å². The standard InChI is InChI=1S/C16H14ClN3O2S2/c1-10(13-6-3-7-23-13)18-14(21)9-24-16-20-19-15(22-16)11-4-2-5-12(17)8-11/h2-8,10H,9H2,1H3,(H,18,21)/t10-/m1/s1. The monoisotopic (exact) mass is 379 g/mol. The predicted octanol–water partition coefficient (Wildman–Crippen LogP) is 4.42. The zero-order valence-corrected chi connectivity index (χ0v) is 15.1. The first-order valence-corrected chi connectivity index (χ1v) is 9.41. The molecule has 2 heterocycles. The average Bonchev–Trinajstić information content (AvgIpc) is 3.25. The average molecular weight is 380 g/mol. The second kappa shape index (κ2) is 7.83. The van der Waals surface area contributed by atoms with Gasteiger partial charge in [-0.25, -0.2) is 0 Å². The molecule has 1 N–H and O–H groups in total. The number of nitrogens with zero attached hydrogens (tertiary/aromatic N) is 2. The maximum atomic E-state index is 12.0. The molecule has 0 aliphatic carbocycles. The highest BCUT2D eigenvalue weighted by atomic mass is 35.5. The second-order valence-corrected chi connectivity index (χ2v) is 7.32. The summed E-state index contributed by atoms with van der Waals surface area (Å²) in [6.45, 7) is 1.96. The molecule has 2 aromatic heterocycles. The number of aromatic nitrogens is 2. The van der Waals surface area contributed by atoms with Gasteiger partial charge >= 0.3 is 0 Å². The van der Waals surface area contributed by atoms with Gasteiger partial charge in [0.2, 0.25) is 11.8 Å². The van der Waals surface area contributed by atoms with Gasteiger partial charge in [-0.3, -0.25) is 4.79 Å². The van der Waals surface area contributed by atoms with Crippen molar-refractivity contribution < 1.29 is 9.21 Å². The van der Waals surface area contributed by atoms with Crippen LogP contribution in [0.1, 0.15) is 17.8 Å². The smallest absolute Gasteiger partial charge is 0.277 e. The molecule has 0 bridgehead atoms. The van der Waals surface area contributed by atoms with Gasteiger partial charge in [0.1, 0.15) is 0 Å². The minimum Gasteiger partial charge on any atom is -0.411 e. The SMILES string of the molecule is C[C@@H](NC(=O)CSc1nnc(-c2cccc(Cl)c2)o1)c1cccs1. The van der Waals surface area contributed by atoms with Gasteiger partial charge in [-0.05, 0) is 36.6 Å². The maximum Gasteiger partial charge on any atom is 0.277 e. The third-order valence-electron chi connectivity index (χ3n) is 3.15. The molecule has 8 heteroatoms. The van der Waals surface area contributed by atoms with E-state index in [2.05, 4.69) is 15.5 Å². The Labute approximate surface area is 152 Å². The van der Waals surface area contributed by atoms with Crippen LogP contribution in [0.3, 0.4) is 0 Å². The van der Waals surface area contributed by atoms with Gasteiger partial charge < -0.3 is 9.73 Å². The van der Waals surface area contributed by atoms with E-state index >= 15 is 0 Å². The van der Waals surface area contributed by atoms with Crippen molar-refractivity contribution in [2.45, 2.75) is 18.2 Å². The zero-order valence-electron chi connectivity index (χ0n) is 12.7. The van der Waals surface area contributed by atoms with Crippen molar-refractivity contribution in [2.75, 3.05) is 5.75 Å². The Hall–Kier alpha value is -1.83. The van der Waals surface area contributed by atoms with Crippen LogP contribution >= 0.6 is 34.7 Å². The molecule has 24 heavy (non-hydrogen) atoms. The van der Waals surface area contributed by atoms with E-state index in [4.69, 9.17) is 16.0 Å². The van der Waals surface area contributed by atoms with E-state index in [1.165, 1.54) is 11.8 Å². The van der Waals surface area contributed by atoms with E-state index < -0.39 is 0 Å². The highest BCUT2D eigenvalue weighted by Gasteiger charge is 2.14. The van der Waals surface area contributed by atoms with Crippen LogP contribution in [0.15, 0.2) is 51.4 Å². The molecule has 0 saturated carbocycles. The van der Waals surface area contributed by atoms with Crippen LogP contribution in [0.25, 0.3) is 11.5 Å². The van der Waals surface area contributed by atoms with Crippen molar-refractivity contribution in [3.05, 3.63) is 51.7 Å². The number of benzene rings is 1. The van der Waals surface area contributed by atoms with E-state index in [0.29, 0.717) is 16.1 Å². The van der Waals surface area contributed by atoms with Gasteiger partial charge in [0, 0.05) is 15.5 Å². The summed E-state index contributed by atoms with van der Waals surface area (Å²) in [4.78, 5) is 13.1. The van der Waals surface area contributed by atoms with E-state index in [0.717, 1.165) is 10.4 Å². The van der Waals surface area contributed by atoms with E-state index in [1.54, 1.807) is 23.5 Å². The molecule has 0 saturated heterocycles. The van der Waals surface area contributed by atoms with E-state index in [1.807, 2.05) is 36.6 Å². The number of hydrogen-bond donors (Lipinski definition) is 1. The molecule has 1 amide bonds. The van der Waals surface area contributed by atoms with Gasteiger partial charge in [-0.15, -0.1) is 21.5 Å². The first-order valence-electron chi connectivity index (χ1n) is 7.17. The number of hydrogen-bond acceptors (Lipinski definition) is 6. The Kier molecular flexibility index (Phi) is 5.55. The topological polar surface area (TPSA) is 68.0 Å². The highest BCUT2D eigenvalue weighted by Crippen LogP contribution is 2.25. The summed E-state index contributed by atoms with van der Waals surface area (Å²) >= 11 is 8.77. The molecular weight excluding hydrogens is 366 g/mol. The molecule has 0 spiro atoms. The second-order valence-electron chi connectivity index (χ2n) is 4.98. The number of amides is 1. The number of rotatable bonds is 6. The molecule has 3 aromatic rings. The Morgan fingerprint density at radius 3 is 3.00 bits per heavy atom. The fraction of sp³-hybridized carbons (Fsp3) is 0.188. The number of thiophene rings is 1. The lowest BCUT2D eigenvalue weighted by Crippen LogP contribution is -2.27.